The highest BCUT2D eigenvalue weighted by Crippen LogP contribution is 2.34. The van der Waals surface area contributed by atoms with Crippen molar-refractivity contribution in [1.29, 1.82) is 0 Å². The number of benzene rings is 1. The minimum absolute atomic E-state index is 0.0790. The quantitative estimate of drug-likeness (QED) is 0.423. The summed E-state index contributed by atoms with van der Waals surface area (Å²) in [6.45, 7) is 12.2. The van der Waals surface area contributed by atoms with E-state index in [1.54, 1.807) is 11.1 Å². The Labute approximate surface area is 254 Å². The number of anilines is 3. The van der Waals surface area contributed by atoms with Crippen molar-refractivity contribution in [3.05, 3.63) is 59.7 Å². The van der Waals surface area contributed by atoms with Gasteiger partial charge in [-0.3, -0.25) is 14.5 Å². The van der Waals surface area contributed by atoms with E-state index in [1.807, 2.05) is 61.4 Å². The predicted molar refractivity (Wildman–Crippen MR) is 170 cm³/mol. The first-order chi connectivity index (χ1) is 20.7. The molecule has 0 saturated carbocycles. The molecule has 1 aromatic heterocycles. The number of carbonyl (C=O) groups is 2. The van der Waals surface area contributed by atoms with Gasteiger partial charge in [0.25, 0.3) is 11.8 Å². The Morgan fingerprint density at radius 2 is 2.02 bits per heavy atom. The summed E-state index contributed by atoms with van der Waals surface area (Å²) in [7, 11) is 0. The molecular weight excluding hydrogens is 544 g/mol. The van der Waals surface area contributed by atoms with E-state index in [0.29, 0.717) is 55.5 Å². The highest BCUT2D eigenvalue weighted by Gasteiger charge is 2.45. The number of rotatable bonds is 8. The van der Waals surface area contributed by atoms with Crippen molar-refractivity contribution in [3.8, 4) is 0 Å². The van der Waals surface area contributed by atoms with Gasteiger partial charge in [0.05, 0.1) is 23.4 Å². The normalized spacial score (nSPS) is 21.9. The Bertz CT molecular complexity index is 1380. The van der Waals surface area contributed by atoms with E-state index in [-0.39, 0.29) is 23.5 Å². The lowest BCUT2D eigenvalue weighted by Gasteiger charge is -2.50. The number of fused-ring (bicyclic) bond motifs is 1. The number of nitrogens with one attached hydrogen (secondary N) is 2. The molecule has 11 nitrogen and oxygen atoms in total. The van der Waals surface area contributed by atoms with Gasteiger partial charge in [-0.15, -0.1) is 0 Å². The van der Waals surface area contributed by atoms with Gasteiger partial charge in [-0.2, -0.15) is 0 Å². The molecule has 0 radical (unpaired) electrons. The zero-order chi connectivity index (χ0) is 30.6. The fourth-order valence-electron chi connectivity index (χ4n) is 5.98. The Morgan fingerprint density at radius 3 is 2.77 bits per heavy atom. The van der Waals surface area contributed by atoms with Crippen molar-refractivity contribution in [1.82, 2.24) is 19.8 Å². The molecule has 3 aliphatic rings. The summed E-state index contributed by atoms with van der Waals surface area (Å²) < 4.78 is 6.27. The number of carbonyl (C=O) groups excluding carboxylic acids is 2. The van der Waals surface area contributed by atoms with Crippen LogP contribution in [0.3, 0.4) is 0 Å². The molecule has 4 heterocycles. The van der Waals surface area contributed by atoms with Gasteiger partial charge < -0.3 is 30.9 Å². The minimum Gasteiger partial charge on any atom is -0.400 e. The van der Waals surface area contributed by atoms with E-state index >= 15 is 0 Å². The van der Waals surface area contributed by atoms with Crippen molar-refractivity contribution in [2.45, 2.75) is 64.7 Å². The zero-order valence-corrected chi connectivity index (χ0v) is 25.7. The van der Waals surface area contributed by atoms with Crippen molar-refractivity contribution < 1.29 is 14.3 Å². The number of amides is 2. The van der Waals surface area contributed by atoms with Gasteiger partial charge in [-0.1, -0.05) is 12.1 Å². The average molecular weight is 589 g/mol. The van der Waals surface area contributed by atoms with Gasteiger partial charge in [0, 0.05) is 68.2 Å². The van der Waals surface area contributed by atoms with Crippen LogP contribution in [-0.2, 0) is 9.53 Å². The number of morpholine rings is 1. The first kappa shape index (κ1) is 30.5. The summed E-state index contributed by atoms with van der Waals surface area (Å²) in [4.78, 5) is 41.0. The molecule has 5 rings (SSSR count). The molecule has 2 fully saturated rings. The Morgan fingerprint density at radius 1 is 1.23 bits per heavy atom. The standard InChI is InChI=1S/C32H44N8O3/c1-5-34-31-36-19-27-28(37-31)11-6-7-14-39(30(27)42)26-10-8-9-25(17-26)35-18-24(33)20-38-15-12-32(13-16-38)21-40(22(2)3)29(41)23(4)43-32/h6,8-11,17-19,22-23,35H,5,7,12-16,20-21,33H2,1-4H3,(H,34,36,37)/b11-6-,24-18-/t23-/m1/s1. The summed E-state index contributed by atoms with van der Waals surface area (Å²) in [6, 6.07) is 7.93. The summed E-state index contributed by atoms with van der Waals surface area (Å²) in [5, 5.41) is 6.42. The maximum absolute atomic E-state index is 13.6. The highest BCUT2D eigenvalue weighted by molar-refractivity contribution is 6.08. The number of hydrogen-bond donors (Lipinski definition) is 3. The fourth-order valence-corrected chi connectivity index (χ4v) is 5.98. The number of hydrogen-bond acceptors (Lipinski definition) is 9. The van der Waals surface area contributed by atoms with E-state index in [9.17, 15) is 9.59 Å². The summed E-state index contributed by atoms with van der Waals surface area (Å²) in [5.41, 5.74) is 9.58. The van der Waals surface area contributed by atoms with Crippen LogP contribution in [0.2, 0.25) is 0 Å². The lowest BCUT2D eigenvalue weighted by molar-refractivity contribution is -0.192. The monoisotopic (exact) mass is 588 g/mol. The van der Waals surface area contributed by atoms with E-state index in [2.05, 4.69) is 39.3 Å². The average Bonchev–Trinajstić information content (AvgIpc) is 2.98. The Balaban J connectivity index is 1.20. The molecule has 2 aromatic rings. The van der Waals surface area contributed by atoms with Crippen LogP contribution in [0.4, 0.5) is 17.3 Å². The molecule has 230 valence electrons. The molecule has 0 unspecified atom stereocenters. The third-order valence-electron chi connectivity index (χ3n) is 8.32. The second kappa shape index (κ2) is 13.1. The van der Waals surface area contributed by atoms with E-state index in [0.717, 1.165) is 37.3 Å². The van der Waals surface area contributed by atoms with Crippen LogP contribution < -0.4 is 21.3 Å². The molecule has 1 spiro atoms. The van der Waals surface area contributed by atoms with Crippen LogP contribution in [-0.4, -0.2) is 88.6 Å². The van der Waals surface area contributed by atoms with Gasteiger partial charge in [-0.05, 0) is 71.2 Å². The molecule has 43 heavy (non-hydrogen) atoms. The topological polar surface area (TPSA) is 129 Å². The molecule has 2 saturated heterocycles. The minimum atomic E-state index is -0.405. The lowest BCUT2D eigenvalue weighted by Crippen LogP contribution is -2.62. The highest BCUT2D eigenvalue weighted by atomic mass is 16.5. The Hall–Kier alpha value is -3.96. The van der Waals surface area contributed by atoms with E-state index in [1.165, 1.54) is 0 Å². The molecule has 3 aliphatic heterocycles. The van der Waals surface area contributed by atoms with Gasteiger partial charge in [0.1, 0.15) is 6.10 Å². The zero-order valence-electron chi connectivity index (χ0n) is 25.7. The number of nitrogens with two attached hydrogens (primary N) is 1. The lowest BCUT2D eigenvalue weighted by atomic mass is 9.88. The van der Waals surface area contributed by atoms with Crippen molar-refractivity contribution >= 4 is 35.2 Å². The molecule has 0 aliphatic carbocycles. The molecular formula is C32H44N8O3. The second-order valence-corrected chi connectivity index (χ2v) is 11.9. The van der Waals surface area contributed by atoms with Crippen molar-refractivity contribution in [3.63, 3.8) is 0 Å². The van der Waals surface area contributed by atoms with Gasteiger partial charge >= 0.3 is 0 Å². The first-order valence-corrected chi connectivity index (χ1v) is 15.3. The number of nitrogens with zero attached hydrogens (tertiary/aromatic N) is 5. The van der Waals surface area contributed by atoms with Gasteiger partial charge in [-0.25, -0.2) is 9.97 Å². The van der Waals surface area contributed by atoms with Crippen molar-refractivity contribution in [2.75, 3.05) is 54.8 Å². The van der Waals surface area contributed by atoms with Crippen LogP contribution in [0.1, 0.15) is 63.0 Å². The van der Waals surface area contributed by atoms with Gasteiger partial charge in [0.15, 0.2) is 0 Å². The van der Waals surface area contributed by atoms with Crippen LogP contribution >= 0.6 is 0 Å². The summed E-state index contributed by atoms with van der Waals surface area (Å²) >= 11 is 0. The van der Waals surface area contributed by atoms with Crippen LogP contribution in [0.15, 0.2) is 48.4 Å². The number of ether oxygens (including phenoxy) is 1. The van der Waals surface area contributed by atoms with Crippen molar-refractivity contribution in [2.24, 2.45) is 5.73 Å². The van der Waals surface area contributed by atoms with E-state index in [4.69, 9.17) is 10.5 Å². The Kier molecular flexibility index (Phi) is 9.31. The van der Waals surface area contributed by atoms with Crippen LogP contribution in [0.5, 0.6) is 0 Å². The smallest absolute Gasteiger partial charge is 0.262 e. The third-order valence-corrected chi connectivity index (χ3v) is 8.32. The maximum atomic E-state index is 13.6. The predicted octanol–water partition coefficient (Wildman–Crippen LogP) is 3.67. The fraction of sp³-hybridized carbons (Fsp3) is 0.500. The molecule has 1 aromatic carbocycles. The second-order valence-electron chi connectivity index (χ2n) is 11.9. The third kappa shape index (κ3) is 7.00. The molecule has 4 N–H and O–H groups in total. The SMILES string of the molecule is CCNc1ncc2c(n1)/C=C\CCN(c1cccc(N/C=C(\N)CN3CCC4(CC3)CN(C(C)C)C(=O)[C@@H](C)O4)c1)C2=O. The molecule has 1 atom stereocenters. The largest absolute Gasteiger partial charge is 0.400 e. The summed E-state index contributed by atoms with van der Waals surface area (Å²) in [6.07, 6.45) is 9.38. The number of likely N-dealkylation sites (tertiary alicyclic amines) is 1. The van der Waals surface area contributed by atoms with Crippen LogP contribution in [0, 0.1) is 0 Å². The maximum Gasteiger partial charge on any atom is 0.262 e. The first-order valence-electron chi connectivity index (χ1n) is 15.3. The molecule has 2 amide bonds. The van der Waals surface area contributed by atoms with E-state index < -0.39 is 6.10 Å². The van der Waals surface area contributed by atoms with Crippen LogP contribution in [0.25, 0.3) is 6.08 Å². The molecule has 0 bridgehead atoms. The van der Waals surface area contributed by atoms with Gasteiger partial charge in [0.2, 0.25) is 5.95 Å². The summed E-state index contributed by atoms with van der Waals surface area (Å²) in [5.74, 6) is 0.460. The molecule has 11 heteroatoms. The number of piperidine rings is 1. The number of aromatic nitrogens is 2.